The van der Waals surface area contributed by atoms with Crippen LogP contribution in [0.3, 0.4) is 0 Å². The second kappa shape index (κ2) is 6.61. The van der Waals surface area contributed by atoms with Crippen LogP contribution in [0.1, 0.15) is 5.56 Å². The van der Waals surface area contributed by atoms with Crippen molar-refractivity contribution >= 4 is 38.6 Å². The summed E-state index contributed by atoms with van der Waals surface area (Å²) in [5.74, 6) is 1.23. The van der Waals surface area contributed by atoms with Crippen LogP contribution in [0.15, 0.2) is 71.3 Å². The molecule has 122 valence electrons. The summed E-state index contributed by atoms with van der Waals surface area (Å²) in [6.45, 7) is 2.08. The first-order chi connectivity index (χ1) is 12.2. The molecule has 0 bridgehead atoms. The van der Waals surface area contributed by atoms with Crippen molar-refractivity contribution in [3.8, 4) is 11.3 Å². The number of fused-ring (bicyclic) bond motifs is 1. The number of aromatic nitrogens is 3. The Hall–Kier alpha value is -2.79. The van der Waals surface area contributed by atoms with E-state index in [4.69, 9.17) is 4.98 Å². The number of halogens is 1. The highest BCUT2D eigenvalue weighted by Gasteiger charge is 2.10. The van der Waals surface area contributed by atoms with E-state index in [1.165, 1.54) is 5.56 Å². The lowest BCUT2D eigenvalue weighted by molar-refractivity contribution is 1.18. The second-order valence-corrected chi connectivity index (χ2v) is 6.68. The predicted molar refractivity (Wildman–Crippen MR) is 105 cm³/mol. The Labute approximate surface area is 154 Å². The number of nitrogens with one attached hydrogen (secondary N) is 1. The minimum atomic E-state index is 0.532. The van der Waals surface area contributed by atoms with Gasteiger partial charge < -0.3 is 5.32 Å². The fourth-order valence-corrected chi connectivity index (χ4v) is 2.91. The lowest BCUT2D eigenvalue weighted by Crippen LogP contribution is -2.01. The van der Waals surface area contributed by atoms with Crippen LogP contribution in [0.5, 0.6) is 0 Å². The maximum Gasteiger partial charge on any atom is 0.229 e. The first kappa shape index (κ1) is 15.7. The predicted octanol–water partition coefficient (Wildman–Crippen LogP) is 5.51. The van der Waals surface area contributed by atoms with Crippen molar-refractivity contribution in [3.63, 3.8) is 0 Å². The fourth-order valence-electron chi connectivity index (χ4n) is 2.68. The van der Waals surface area contributed by atoms with E-state index in [9.17, 15) is 0 Å². The van der Waals surface area contributed by atoms with E-state index in [0.717, 1.165) is 26.6 Å². The quantitative estimate of drug-likeness (QED) is 0.501. The van der Waals surface area contributed by atoms with Gasteiger partial charge in [-0.25, -0.2) is 15.0 Å². The highest BCUT2D eigenvalue weighted by atomic mass is 79.9. The molecule has 0 radical (unpaired) electrons. The average molecular weight is 391 g/mol. The Morgan fingerprint density at radius 3 is 2.52 bits per heavy atom. The van der Waals surface area contributed by atoms with Gasteiger partial charge in [0.1, 0.15) is 5.82 Å². The van der Waals surface area contributed by atoms with E-state index in [1.54, 1.807) is 6.20 Å². The van der Waals surface area contributed by atoms with Gasteiger partial charge in [0, 0.05) is 21.6 Å². The molecule has 0 saturated heterocycles. The third-order valence-corrected chi connectivity index (χ3v) is 4.33. The van der Waals surface area contributed by atoms with Crippen LogP contribution in [0.2, 0.25) is 0 Å². The molecule has 0 aliphatic rings. The number of rotatable bonds is 3. The fraction of sp³-hybridized carbons (Fsp3) is 0.0500. The van der Waals surface area contributed by atoms with E-state index >= 15 is 0 Å². The molecule has 4 aromatic rings. The maximum absolute atomic E-state index is 4.76. The molecule has 0 unspecified atom stereocenters. The summed E-state index contributed by atoms with van der Waals surface area (Å²) in [6, 6.07) is 20.2. The summed E-state index contributed by atoms with van der Waals surface area (Å²) in [5.41, 5.74) is 4.06. The third kappa shape index (κ3) is 3.37. The summed E-state index contributed by atoms with van der Waals surface area (Å²) in [4.78, 5) is 13.7. The van der Waals surface area contributed by atoms with E-state index < -0.39 is 0 Å². The second-order valence-electron chi connectivity index (χ2n) is 5.77. The SMILES string of the molecule is Cc1ccc2nc(Nc3ccc(Br)cn3)nc(-c3ccccc3)c2c1. The van der Waals surface area contributed by atoms with Gasteiger partial charge in [-0.2, -0.15) is 0 Å². The molecular formula is C20H15BrN4. The Bertz CT molecular complexity index is 1030. The number of hydrogen-bond donors (Lipinski definition) is 1. The molecule has 0 aliphatic carbocycles. The number of benzene rings is 2. The normalized spacial score (nSPS) is 10.8. The number of pyridine rings is 1. The minimum Gasteiger partial charge on any atom is -0.309 e. The van der Waals surface area contributed by atoms with Gasteiger partial charge in [0.05, 0.1) is 11.2 Å². The highest BCUT2D eigenvalue weighted by molar-refractivity contribution is 9.10. The van der Waals surface area contributed by atoms with Gasteiger partial charge in [-0.15, -0.1) is 0 Å². The number of aryl methyl sites for hydroxylation is 1. The standard InChI is InChI=1S/C20H15BrN4/c1-13-7-9-17-16(11-13)19(14-5-3-2-4-6-14)25-20(23-17)24-18-10-8-15(21)12-22-18/h2-12H,1H3,(H,22,23,24,25). The minimum absolute atomic E-state index is 0.532. The smallest absolute Gasteiger partial charge is 0.229 e. The molecule has 2 heterocycles. The van der Waals surface area contributed by atoms with Crippen LogP contribution in [0.25, 0.3) is 22.2 Å². The van der Waals surface area contributed by atoms with Crippen molar-refractivity contribution in [3.05, 3.63) is 76.9 Å². The Kier molecular flexibility index (Phi) is 4.15. The van der Waals surface area contributed by atoms with E-state index in [2.05, 4.69) is 62.4 Å². The van der Waals surface area contributed by atoms with Crippen LogP contribution >= 0.6 is 15.9 Å². The summed E-state index contributed by atoms with van der Waals surface area (Å²) in [5, 5.41) is 4.24. The van der Waals surface area contributed by atoms with Crippen molar-refractivity contribution < 1.29 is 0 Å². The molecule has 0 aliphatic heterocycles. The third-order valence-electron chi connectivity index (χ3n) is 3.87. The molecule has 0 saturated carbocycles. The molecule has 25 heavy (non-hydrogen) atoms. The van der Waals surface area contributed by atoms with E-state index in [-0.39, 0.29) is 0 Å². The monoisotopic (exact) mass is 390 g/mol. The first-order valence-corrected chi connectivity index (χ1v) is 8.71. The molecule has 0 spiro atoms. The van der Waals surface area contributed by atoms with Gasteiger partial charge in [-0.05, 0) is 47.1 Å². The average Bonchev–Trinajstić information content (AvgIpc) is 2.64. The van der Waals surface area contributed by atoms with Crippen LogP contribution in [0, 0.1) is 6.92 Å². The molecular weight excluding hydrogens is 376 g/mol. The lowest BCUT2D eigenvalue weighted by Gasteiger charge is -2.11. The van der Waals surface area contributed by atoms with Crippen LogP contribution in [0.4, 0.5) is 11.8 Å². The Morgan fingerprint density at radius 1 is 0.920 bits per heavy atom. The Morgan fingerprint density at radius 2 is 1.76 bits per heavy atom. The zero-order valence-electron chi connectivity index (χ0n) is 13.6. The topological polar surface area (TPSA) is 50.7 Å². The molecule has 0 atom stereocenters. The molecule has 4 rings (SSSR count). The number of anilines is 2. The molecule has 4 nitrogen and oxygen atoms in total. The number of hydrogen-bond acceptors (Lipinski definition) is 4. The summed E-state index contributed by atoms with van der Waals surface area (Å²) >= 11 is 3.39. The van der Waals surface area contributed by atoms with Crippen LogP contribution in [-0.4, -0.2) is 15.0 Å². The van der Waals surface area contributed by atoms with E-state index in [1.807, 2.05) is 36.4 Å². The maximum atomic E-state index is 4.76. The molecule has 1 N–H and O–H groups in total. The van der Waals surface area contributed by atoms with Gasteiger partial charge in [0.25, 0.3) is 0 Å². The van der Waals surface area contributed by atoms with Gasteiger partial charge >= 0.3 is 0 Å². The molecule has 2 aromatic heterocycles. The molecule has 2 aromatic carbocycles. The van der Waals surface area contributed by atoms with E-state index in [0.29, 0.717) is 11.8 Å². The zero-order valence-corrected chi connectivity index (χ0v) is 15.2. The van der Waals surface area contributed by atoms with Crippen molar-refractivity contribution in [2.45, 2.75) is 6.92 Å². The van der Waals surface area contributed by atoms with Gasteiger partial charge in [-0.1, -0.05) is 42.0 Å². The summed E-state index contributed by atoms with van der Waals surface area (Å²) in [7, 11) is 0. The summed E-state index contributed by atoms with van der Waals surface area (Å²) in [6.07, 6.45) is 1.74. The first-order valence-electron chi connectivity index (χ1n) is 7.91. The Balaban J connectivity index is 1.86. The van der Waals surface area contributed by atoms with Crippen LogP contribution < -0.4 is 5.32 Å². The van der Waals surface area contributed by atoms with Gasteiger partial charge in [-0.3, -0.25) is 0 Å². The molecule has 5 heteroatoms. The highest BCUT2D eigenvalue weighted by Crippen LogP contribution is 2.28. The van der Waals surface area contributed by atoms with Crippen molar-refractivity contribution in [2.75, 3.05) is 5.32 Å². The summed E-state index contributed by atoms with van der Waals surface area (Å²) < 4.78 is 0.929. The van der Waals surface area contributed by atoms with Crippen molar-refractivity contribution in [1.29, 1.82) is 0 Å². The van der Waals surface area contributed by atoms with Crippen molar-refractivity contribution in [2.24, 2.45) is 0 Å². The number of nitrogens with zero attached hydrogens (tertiary/aromatic N) is 3. The zero-order chi connectivity index (χ0) is 17.2. The largest absolute Gasteiger partial charge is 0.309 e. The van der Waals surface area contributed by atoms with Gasteiger partial charge in [0.15, 0.2) is 0 Å². The van der Waals surface area contributed by atoms with Gasteiger partial charge in [0.2, 0.25) is 5.95 Å². The van der Waals surface area contributed by atoms with Crippen molar-refractivity contribution in [1.82, 2.24) is 15.0 Å². The molecule has 0 fully saturated rings. The van der Waals surface area contributed by atoms with Crippen LogP contribution in [-0.2, 0) is 0 Å². The molecule has 0 amide bonds. The lowest BCUT2D eigenvalue weighted by atomic mass is 10.0.